The number of unbranched alkanes of at least 4 members (excludes halogenated alkanes) is 15. The number of hydrogen-bond donors (Lipinski definition) is 2. The van der Waals surface area contributed by atoms with Crippen LogP contribution in [-0.4, -0.2) is 66.8 Å². The van der Waals surface area contributed by atoms with Crippen molar-refractivity contribution >= 4 is 17.9 Å². The third kappa shape index (κ3) is 24.3. The number of aliphatic hydroxyl groups excluding tert-OH is 1. The maximum absolute atomic E-state index is 12.8. The highest BCUT2D eigenvalue weighted by molar-refractivity contribution is 5.72. The predicted octanol–water partition coefficient (Wildman–Crippen LogP) is 6.87. The fraction of sp³-hybridized carbons (Fsp3) is 0.909. The Bertz CT molecular complexity index is 655. The van der Waals surface area contributed by atoms with E-state index in [-0.39, 0.29) is 45.7 Å². The molecule has 0 fully saturated rings. The van der Waals surface area contributed by atoms with Crippen LogP contribution >= 0.6 is 0 Å². The van der Waals surface area contributed by atoms with E-state index in [1.807, 2.05) is 0 Å². The van der Waals surface area contributed by atoms with Gasteiger partial charge in [0.05, 0.1) is 26.4 Å². The highest BCUT2D eigenvalue weighted by Crippen LogP contribution is 2.24. The molecule has 1 atom stereocenters. The highest BCUT2D eigenvalue weighted by atomic mass is 16.9. The van der Waals surface area contributed by atoms with Crippen LogP contribution in [0.2, 0.25) is 0 Å². The smallest absolute Gasteiger partial charge is 0.424 e. The Labute approximate surface area is 260 Å². The van der Waals surface area contributed by atoms with Gasteiger partial charge in [-0.3, -0.25) is 14.4 Å². The topological polar surface area (TPSA) is 138 Å². The Balaban J connectivity index is 5.44. The summed E-state index contributed by atoms with van der Waals surface area (Å²) in [7, 11) is 0. The van der Waals surface area contributed by atoms with Gasteiger partial charge in [-0.2, -0.15) is 0 Å². The van der Waals surface area contributed by atoms with Crippen molar-refractivity contribution in [2.24, 2.45) is 0 Å². The molecule has 254 valence electrons. The minimum atomic E-state index is -2.95. The van der Waals surface area contributed by atoms with E-state index < -0.39 is 30.2 Å². The second kappa shape index (κ2) is 29.0. The maximum Gasteiger partial charge on any atom is 0.440 e. The largest absolute Gasteiger partial charge is 0.440 e. The number of rotatable bonds is 31. The predicted molar refractivity (Wildman–Crippen MR) is 165 cm³/mol. The van der Waals surface area contributed by atoms with Gasteiger partial charge in [-0.1, -0.05) is 117 Å². The molecule has 0 aromatic rings. The molecule has 1 unspecified atom stereocenters. The molecule has 0 aliphatic heterocycles. The first kappa shape index (κ1) is 41.2. The first-order chi connectivity index (χ1) is 20.8. The summed E-state index contributed by atoms with van der Waals surface area (Å²) >= 11 is 0. The summed E-state index contributed by atoms with van der Waals surface area (Å²) < 4.78 is 26.8. The fourth-order valence-electron chi connectivity index (χ4n) is 4.47. The van der Waals surface area contributed by atoms with Gasteiger partial charge < -0.3 is 33.9 Å². The van der Waals surface area contributed by atoms with Crippen molar-refractivity contribution in [2.75, 3.05) is 26.4 Å². The molecule has 0 radical (unpaired) electrons. The maximum atomic E-state index is 12.8. The fourth-order valence-corrected chi connectivity index (χ4v) is 4.47. The van der Waals surface area contributed by atoms with E-state index in [1.165, 1.54) is 0 Å². The zero-order valence-corrected chi connectivity index (χ0v) is 27.4. The average Bonchev–Trinajstić information content (AvgIpc) is 2.97. The Morgan fingerprint density at radius 2 is 0.953 bits per heavy atom. The molecule has 0 heterocycles. The van der Waals surface area contributed by atoms with E-state index in [0.717, 1.165) is 96.3 Å². The standard InChI is InChI=1S/C33H62O10/c1-4-7-10-13-16-19-22-29(35)41-32(40-28-27-39-26-25-34)33(38,42-30(36)23-20-17-14-11-8-5-2)43-31(37)24-21-18-15-12-9-6-3/h32,34,38H,4-28H2,1-3H3. The molecule has 10 heteroatoms. The molecule has 0 bridgehead atoms. The molecular formula is C33H62O10. The highest BCUT2D eigenvalue weighted by Gasteiger charge is 2.49. The van der Waals surface area contributed by atoms with Crippen LogP contribution in [0.5, 0.6) is 0 Å². The third-order valence-electron chi connectivity index (χ3n) is 6.99. The first-order valence-corrected chi connectivity index (χ1v) is 17.0. The summed E-state index contributed by atoms with van der Waals surface area (Å²) in [5.41, 5.74) is 0. The summed E-state index contributed by atoms with van der Waals surface area (Å²) in [6, 6.07) is 0. The molecule has 0 rings (SSSR count). The van der Waals surface area contributed by atoms with Crippen molar-refractivity contribution in [1.82, 2.24) is 0 Å². The van der Waals surface area contributed by atoms with Crippen LogP contribution in [0.3, 0.4) is 0 Å². The molecule has 0 amide bonds. The first-order valence-electron chi connectivity index (χ1n) is 17.0. The lowest BCUT2D eigenvalue weighted by molar-refractivity contribution is -0.406. The van der Waals surface area contributed by atoms with E-state index in [1.54, 1.807) is 0 Å². The Hall–Kier alpha value is -1.75. The van der Waals surface area contributed by atoms with Gasteiger partial charge >= 0.3 is 30.2 Å². The van der Waals surface area contributed by atoms with Crippen LogP contribution in [0.4, 0.5) is 0 Å². The molecule has 0 aromatic heterocycles. The number of hydrogen-bond acceptors (Lipinski definition) is 10. The van der Waals surface area contributed by atoms with Crippen LogP contribution < -0.4 is 0 Å². The molecule has 0 saturated heterocycles. The molecule has 0 aliphatic carbocycles. The lowest BCUT2D eigenvalue weighted by Crippen LogP contribution is -2.53. The minimum Gasteiger partial charge on any atom is -0.424 e. The number of carbonyl (C=O) groups excluding carboxylic acids is 3. The summed E-state index contributed by atoms with van der Waals surface area (Å²) in [6.07, 6.45) is 15.3. The molecular weight excluding hydrogens is 556 g/mol. The second-order valence-electron chi connectivity index (χ2n) is 11.2. The average molecular weight is 619 g/mol. The van der Waals surface area contributed by atoms with E-state index >= 15 is 0 Å². The van der Waals surface area contributed by atoms with E-state index in [0.29, 0.717) is 19.3 Å². The summed E-state index contributed by atoms with van der Waals surface area (Å²) in [6.45, 7) is 6.09. The molecule has 10 nitrogen and oxygen atoms in total. The van der Waals surface area contributed by atoms with Crippen molar-refractivity contribution < 1.29 is 48.3 Å². The van der Waals surface area contributed by atoms with Gasteiger partial charge in [0, 0.05) is 19.3 Å². The minimum absolute atomic E-state index is 0.000464. The Kier molecular flexibility index (Phi) is 27.8. The summed E-state index contributed by atoms with van der Waals surface area (Å²) in [5.74, 6) is -5.20. The Morgan fingerprint density at radius 1 is 0.558 bits per heavy atom. The van der Waals surface area contributed by atoms with E-state index in [4.69, 9.17) is 28.8 Å². The second-order valence-corrected chi connectivity index (χ2v) is 11.2. The van der Waals surface area contributed by atoms with Crippen molar-refractivity contribution in [1.29, 1.82) is 0 Å². The molecule has 0 aromatic carbocycles. The zero-order chi connectivity index (χ0) is 32.0. The van der Waals surface area contributed by atoms with Gasteiger partial charge in [0.15, 0.2) is 0 Å². The van der Waals surface area contributed by atoms with Crippen LogP contribution in [0.1, 0.15) is 156 Å². The van der Waals surface area contributed by atoms with E-state index in [9.17, 15) is 19.5 Å². The van der Waals surface area contributed by atoms with Crippen LogP contribution in [-0.2, 0) is 38.1 Å². The van der Waals surface area contributed by atoms with Gasteiger partial charge in [-0.15, -0.1) is 0 Å². The summed E-state index contributed by atoms with van der Waals surface area (Å²) in [5, 5.41) is 20.4. The SMILES string of the molecule is CCCCCCCCC(=O)OC(OCCOCCO)C(O)(OC(=O)CCCCCCCC)OC(=O)CCCCCCCC. The molecule has 0 saturated carbocycles. The molecule has 43 heavy (non-hydrogen) atoms. The van der Waals surface area contributed by atoms with Crippen LogP contribution in [0.25, 0.3) is 0 Å². The van der Waals surface area contributed by atoms with Crippen molar-refractivity contribution in [2.45, 2.75) is 168 Å². The van der Waals surface area contributed by atoms with Crippen LogP contribution in [0.15, 0.2) is 0 Å². The lowest BCUT2D eigenvalue weighted by Gasteiger charge is -2.33. The number of carbonyl (C=O) groups is 3. The van der Waals surface area contributed by atoms with Gasteiger partial charge in [-0.05, 0) is 19.3 Å². The number of esters is 3. The molecule has 2 N–H and O–H groups in total. The number of ether oxygens (including phenoxy) is 5. The Morgan fingerprint density at radius 3 is 1.37 bits per heavy atom. The number of aliphatic hydroxyl groups is 2. The quantitative estimate of drug-likeness (QED) is 0.0481. The van der Waals surface area contributed by atoms with Crippen molar-refractivity contribution in [3.8, 4) is 0 Å². The van der Waals surface area contributed by atoms with Gasteiger partial charge in [0.1, 0.15) is 0 Å². The van der Waals surface area contributed by atoms with Gasteiger partial charge in [-0.25, -0.2) is 0 Å². The van der Waals surface area contributed by atoms with Gasteiger partial charge in [0.25, 0.3) is 0 Å². The van der Waals surface area contributed by atoms with Gasteiger partial charge in [0.2, 0.25) is 0 Å². The summed E-state index contributed by atoms with van der Waals surface area (Å²) in [4.78, 5) is 38.3. The monoisotopic (exact) mass is 618 g/mol. The van der Waals surface area contributed by atoms with E-state index in [2.05, 4.69) is 20.8 Å². The van der Waals surface area contributed by atoms with Crippen molar-refractivity contribution in [3.63, 3.8) is 0 Å². The van der Waals surface area contributed by atoms with Crippen molar-refractivity contribution in [3.05, 3.63) is 0 Å². The molecule has 0 spiro atoms. The third-order valence-corrected chi connectivity index (χ3v) is 6.99. The zero-order valence-electron chi connectivity index (χ0n) is 27.4. The van der Waals surface area contributed by atoms with Crippen LogP contribution in [0, 0.1) is 0 Å². The lowest BCUT2D eigenvalue weighted by atomic mass is 10.1. The normalized spacial score (nSPS) is 12.2. The molecule has 0 aliphatic rings.